The number of ketones is 1. The Bertz CT molecular complexity index is 709. The van der Waals surface area contributed by atoms with E-state index in [2.05, 4.69) is 34.8 Å². The molecule has 1 N–H and O–H groups in total. The maximum absolute atomic E-state index is 11.6. The third-order valence-electron chi connectivity index (χ3n) is 3.06. The van der Waals surface area contributed by atoms with Crippen LogP contribution in [0.5, 0.6) is 0 Å². The Balaban J connectivity index is 2.68. The maximum atomic E-state index is 11.6. The van der Waals surface area contributed by atoms with Gasteiger partial charge in [0.25, 0.3) is 0 Å². The van der Waals surface area contributed by atoms with Crippen molar-refractivity contribution in [1.29, 1.82) is 0 Å². The quantitative estimate of drug-likeness (QED) is 0.657. The number of aromatic nitrogens is 1. The Morgan fingerprint density at radius 1 is 1.35 bits per heavy atom. The molecule has 0 unspecified atom stereocenters. The van der Waals surface area contributed by atoms with Crippen LogP contribution in [0.4, 0.5) is 0 Å². The number of Topliss-reactive ketones (excluding diaryl/α,β-unsaturated/α-hetero) is 1. The average molecular weight is 338 g/mol. The van der Waals surface area contributed by atoms with Gasteiger partial charge in [0.15, 0.2) is 11.4 Å². The molecule has 2 rings (SSSR count). The van der Waals surface area contributed by atoms with E-state index in [0.717, 1.165) is 10.0 Å². The summed E-state index contributed by atoms with van der Waals surface area (Å²) < 4.78 is 6.41. The highest BCUT2D eigenvalue weighted by molar-refractivity contribution is 9.10. The van der Waals surface area contributed by atoms with Crippen molar-refractivity contribution in [3.05, 3.63) is 33.8 Å². The highest BCUT2D eigenvalue weighted by atomic mass is 79.9. The highest BCUT2D eigenvalue weighted by Gasteiger charge is 2.19. The van der Waals surface area contributed by atoms with E-state index in [1.54, 1.807) is 0 Å². The van der Waals surface area contributed by atoms with Crippen LogP contribution in [0.2, 0.25) is 0 Å². The third-order valence-corrected chi connectivity index (χ3v) is 3.65. The molecule has 0 amide bonds. The van der Waals surface area contributed by atoms with Crippen LogP contribution in [0.3, 0.4) is 0 Å². The Kier molecular flexibility index (Phi) is 3.99. The van der Waals surface area contributed by atoms with Gasteiger partial charge in [-0.25, -0.2) is 4.98 Å². The molecule has 2 aromatic rings. The van der Waals surface area contributed by atoms with Gasteiger partial charge in [0.05, 0.1) is 4.47 Å². The smallest absolute Gasteiger partial charge is 0.234 e. The summed E-state index contributed by atoms with van der Waals surface area (Å²) in [5.41, 5.74) is 2.47. The first kappa shape index (κ1) is 14.8. The molecule has 0 atom stereocenters. The molecule has 1 heterocycles. The lowest BCUT2D eigenvalue weighted by Gasteiger charge is -2.04. The number of nitrogens with zero attached hydrogens (tertiary/aromatic N) is 1. The zero-order chi connectivity index (χ0) is 15.0. The molecule has 20 heavy (non-hydrogen) atoms. The third kappa shape index (κ3) is 2.63. The van der Waals surface area contributed by atoms with Crippen molar-refractivity contribution in [2.45, 2.75) is 33.6 Å². The number of aliphatic hydroxyl groups is 1. The van der Waals surface area contributed by atoms with E-state index >= 15 is 0 Å². The monoisotopic (exact) mass is 337 g/mol. The first-order chi connectivity index (χ1) is 9.31. The predicted octanol–water partition coefficient (Wildman–Crippen LogP) is 4.59. The van der Waals surface area contributed by atoms with E-state index in [1.165, 1.54) is 13.8 Å². The van der Waals surface area contributed by atoms with Gasteiger partial charge in [0.1, 0.15) is 16.8 Å². The summed E-state index contributed by atoms with van der Waals surface area (Å²) in [5, 5.41) is 9.62. The molecule has 106 valence electrons. The molecule has 0 radical (unpaired) electrons. The zero-order valence-corrected chi connectivity index (χ0v) is 13.4. The zero-order valence-electron chi connectivity index (χ0n) is 11.8. The molecule has 0 spiro atoms. The number of rotatable bonds is 3. The van der Waals surface area contributed by atoms with Crippen LogP contribution in [0.1, 0.15) is 45.1 Å². The Labute approximate surface area is 125 Å². The molecular formula is C15H16BrNO3. The summed E-state index contributed by atoms with van der Waals surface area (Å²) in [4.78, 5) is 15.9. The molecule has 0 aliphatic heterocycles. The maximum Gasteiger partial charge on any atom is 0.234 e. The number of carbonyl (C=O) groups is 1. The van der Waals surface area contributed by atoms with E-state index in [0.29, 0.717) is 17.0 Å². The first-order valence-electron chi connectivity index (χ1n) is 6.32. The number of halogens is 1. The molecule has 0 saturated heterocycles. The van der Waals surface area contributed by atoms with Crippen molar-refractivity contribution in [2.75, 3.05) is 0 Å². The Morgan fingerprint density at radius 2 is 2.00 bits per heavy atom. The van der Waals surface area contributed by atoms with Crippen molar-refractivity contribution in [3.63, 3.8) is 0 Å². The second kappa shape index (κ2) is 5.40. The normalized spacial score (nSPS) is 12.9. The summed E-state index contributed by atoms with van der Waals surface area (Å²) in [7, 11) is 0. The summed E-state index contributed by atoms with van der Waals surface area (Å²) in [6.07, 6.45) is 0. The molecule has 0 saturated carbocycles. The number of benzene rings is 1. The lowest BCUT2D eigenvalue weighted by molar-refractivity contribution is -0.112. The van der Waals surface area contributed by atoms with Crippen LogP contribution in [-0.2, 0) is 4.79 Å². The first-order valence-corrected chi connectivity index (χ1v) is 7.11. The van der Waals surface area contributed by atoms with Crippen molar-refractivity contribution in [2.24, 2.45) is 0 Å². The van der Waals surface area contributed by atoms with E-state index in [1.807, 2.05) is 12.1 Å². The Hall–Kier alpha value is -1.62. The van der Waals surface area contributed by atoms with Gasteiger partial charge in [-0.1, -0.05) is 13.8 Å². The topological polar surface area (TPSA) is 63.3 Å². The standard InChI is InChI=1S/C15H16BrNO3/c1-7(2)10-5-11(16)14-12(6-10)17-15(20-14)13(8(3)18)9(4)19/h5-7,18H,1-4H3. The van der Waals surface area contributed by atoms with E-state index in [4.69, 9.17) is 4.42 Å². The number of hydrogen-bond donors (Lipinski definition) is 1. The van der Waals surface area contributed by atoms with Gasteiger partial charge in [-0.2, -0.15) is 0 Å². The van der Waals surface area contributed by atoms with Crippen LogP contribution < -0.4 is 0 Å². The molecule has 0 aliphatic carbocycles. The molecule has 1 aromatic heterocycles. The SMILES string of the molecule is CC(=O)C(=C(C)O)c1nc2cc(C(C)C)cc(Br)c2o1. The highest BCUT2D eigenvalue weighted by Crippen LogP contribution is 2.32. The van der Waals surface area contributed by atoms with Crippen molar-refractivity contribution < 1.29 is 14.3 Å². The van der Waals surface area contributed by atoms with E-state index < -0.39 is 0 Å². The van der Waals surface area contributed by atoms with Gasteiger partial charge in [-0.3, -0.25) is 4.79 Å². The molecule has 4 nitrogen and oxygen atoms in total. The van der Waals surface area contributed by atoms with E-state index in [9.17, 15) is 9.90 Å². The van der Waals surface area contributed by atoms with Crippen LogP contribution in [0.15, 0.2) is 26.8 Å². The number of aliphatic hydroxyl groups excluding tert-OH is 1. The largest absolute Gasteiger partial charge is 0.512 e. The van der Waals surface area contributed by atoms with Crippen molar-refractivity contribution in [3.8, 4) is 0 Å². The molecule has 0 aliphatic rings. The second-order valence-electron chi connectivity index (χ2n) is 5.04. The fourth-order valence-electron chi connectivity index (χ4n) is 2.01. The molecule has 5 heteroatoms. The lowest BCUT2D eigenvalue weighted by Crippen LogP contribution is -1.99. The number of allylic oxidation sites excluding steroid dienone is 2. The number of fused-ring (bicyclic) bond motifs is 1. The van der Waals surface area contributed by atoms with Crippen LogP contribution in [-0.4, -0.2) is 15.9 Å². The van der Waals surface area contributed by atoms with Gasteiger partial charge in [0, 0.05) is 0 Å². The number of oxazole rings is 1. The minimum Gasteiger partial charge on any atom is -0.512 e. The van der Waals surface area contributed by atoms with E-state index in [-0.39, 0.29) is 23.0 Å². The second-order valence-corrected chi connectivity index (χ2v) is 5.90. The molecule has 0 bridgehead atoms. The van der Waals surface area contributed by atoms with Crippen LogP contribution in [0.25, 0.3) is 16.7 Å². The van der Waals surface area contributed by atoms with Gasteiger partial charge in [-0.05, 0) is 53.4 Å². The fourth-order valence-corrected chi connectivity index (χ4v) is 2.56. The summed E-state index contributed by atoms with van der Waals surface area (Å²) in [5.74, 6) is 0.133. The minimum atomic E-state index is -0.281. The summed E-state index contributed by atoms with van der Waals surface area (Å²) >= 11 is 3.46. The van der Waals surface area contributed by atoms with Gasteiger partial charge in [0.2, 0.25) is 5.89 Å². The van der Waals surface area contributed by atoms with Crippen molar-refractivity contribution >= 4 is 38.4 Å². The molecule has 1 aromatic carbocycles. The Morgan fingerprint density at radius 3 is 2.50 bits per heavy atom. The molecule has 0 fully saturated rings. The average Bonchev–Trinajstić information content (AvgIpc) is 2.71. The van der Waals surface area contributed by atoms with Gasteiger partial charge < -0.3 is 9.52 Å². The number of hydrogen-bond acceptors (Lipinski definition) is 4. The fraction of sp³-hybridized carbons (Fsp3) is 0.333. The summed E-state index contributed by atoms with van der Waals surface area (Å²) in [6.45, 7) is 7.00. The van der Waals surface area contributed by atoms with Crippen LogP contribution >= 0.6 is 15.9 Å². The molecular weight excluding hydrogens is 322 g/mol. The van der Waals surface area contributed by atoms with Crippen LogP contribution in [0, 0.1) is 0 Å². The van der Waals surface area contributed by atoms with Gasteiger partial charge >= 0.3 is 0 Å². The predicted molar refractivity (Wildman–Crippen MR) is 81.7 cm³/mol. The lowest BCUT2D eigenvalue weighted by atomic mass is 10.0. The number of carbonyl (C=O) groups excluding carboxylic acids is 1. The van der Waals surface area contributed by atoms with Gasteiger partial charge in [-0.15, -0.1) is 0 Å². The summed E-state index contributed by atoms with van der Waals surface area (Å²) in [6, 6.07) is 3.91. The van der Waals surface area contributed by atoms with Crippen molar-refractivity contribution in [1.82, 2.24) is 4.98 Å². The minimum absolute atomic E-state index is 0.0933.